The molecule has 2 aliphatic carbocycles. The fourth-order valence-electron chi connectivity index (χ4n) is 7.11. The second-order valence-corrected chi connectivity index (χ2v) is 12.3. The van der Waals surface area contributed by atoms with Gasteiger partial charge in [0, 0.05) is 24.4 Å². The highest BCUT2D eigenvalue weighted by Gasteiger charge is 2.72. The highest BCUT2D eigenvalue weighted by Crippen LogP contribution is 2.65. The van der Waals surface area contributed by atoms with Gasteiger partial charge >= 0.3 is 30.1 Å². The van der Waals surface area contributed by atoms with Crippen LogP contribution in [-0.2, 0) is 50.0 Å². The summed E-state index contributed by atoms with van der Waals surface area (Å²) in [4.78, 5) is 63.2. The van der Waals surface area contributed by atoms with E-state index in [-0.39, 0.29) is 18.2 Å². The van der Waals surface area contributed by atoms with Gasteiger partial charge < -0.3 is 44.1 Å². The van der Waals surface area contributed by atoms with E-state index in [4.69, 9.17) is 18.9 Å². The number of piperidine rings is 1. The van der Waals surface area contributed by atoms with Gasteiger partial charge in [0.1, 0.15) is 17.9 Å². The van der Waals surface area contributed by atoms with Crippen molar-refractivity contribution in [1.29, 1.82) is 0 Å². The fourth-order valence-corrected chi connectivity index (χ4v) is 7.11. The first-order chi connectivity index (χ1) is 22.4. The van der Waals surface area contributed by atoms with Gasteiger partial charge in [-0.25, -0.2) is 14.4 Å². The highest BCUT2D eigenvalue weighted by atomic mass is 19.4. The molecule has 1 fully saturated rings. The summed E-state index contributed by atoms with van der Waals surface area (Å²) in [6.45, 7) is 2.85. The number of amides is 1. The van der Waals surface area contributed by atoms with E-state index in [1.54, 1.807) is 12.1 Å². The maximum atomic E-state index is 13.3. The van der Waals surface area contributed by atoms with E-state index in [0.717, 1.165) is 18.1 Å². The molecule has 0 aromatic heterocycles. The second kappa shape index (κ2) is 12.7. The number of nitrogens with zero attached hydrogens (tertiary/aromatic N) is 1. The Morgan fingerprint density at radius 3 is 2.52 bits per heavy atom. The minimum absolute atomic E-state index is 0.0815. The number of halogens is 3. The van der Waals surface area contributed by atoms with E-state index in [1.807, 2.05) is 13.1 Å². The predicted molar refractivity (Wildman–Crippen MR) is 153 cm³/mol. The molecule has 2 aliphatic heterocycles. The van der Waals surface area contributed by atoms with Gasteiger partial charge in [-0.05, 0) is 64.4 Å². The quantitative estimate of drug-likeness (QED) is 0.178. The van der Waals surface area contributed by atoms with Crippen molar-refractivity contribution < 1.29 is 71.0 Å². The van der Waals surface area contributed by atoms with Crippen LogP contribution in [0.25, 0.3) is 0 Å². The number of aliphatic hydroxyl groups excluding tert-OH is 1. The molecule has 1 amide bonds. The minimum atomic E-state index is -5.44. The Morgan fingerprint density at radius 1 is 1.17 bits per heavy atom. The Bertz CT molecular complexity index is 1560. The maximum absolute atomic E-state index is 13.3. The molecule has 0 saturated carbocycles. The number of alkyl halides is 3. The Labute approximate surface area is 272 Å². The lowest BCUT2D eigenvalue weighted by atomic mass is 9.50. The summed E-state index contributed by atoms with van der Waals surface area (Å²) in [5, 5.41) is 23.9. The van der Waals surface area contributed by atoms with Crippen molar-refractivity contribution in [3.8, 4) is 11.5 Å². The zero-order valence-electron chi connectivity index (χ0n) is 26.4. The third kappa shape index (κ3) is 5.87. The third-order valence-corrected chi connectivity index (χ3v) is 9.46. The lowest BCUT2D eigenvalue weighted by molar-refractivity contribution is -0.201. The lowest BCUT2D eigenvalue weighted by Crippen LogP contribution is -2.74. The third-order valence-electron chi connectivity index (χ3n) is 9.46. The van der Waals surface area contributed by atoms with Crippen molar-refractivity contribution in [3.63, 3.8) is 0 Å². The zero-order valence-corrected chi connectivity index (χ0v) is 26.4. The maximum Gasteiger partial charge on any atom is 0.491 e. The summed E-state index contributed by atoms with van der Waals surface area (Å²) in [6.07, 6.45) is -8.57. The van der Waals surface area contributed by atoms with Crippen LogP contribution in [0.5, 0.6) is 11.5 Å². The summed E-state index contributed by atoms with van der Waals surface area (Å²) < 4.78 is 63.9. The van der Waals surface area contributed by atoms with Gasteiger partial charge in [-0.2, -0.15) is 13.2 Å². The van der Waals surface area contributed by atoms with E-state index in [2.05, 4.69) is 15.0 Å². The number of rotatable bonds is 10. The Hall–Kier alpha value is -4.22. The van der Waals surface area contributed by atoms with Crippen molar-refractivity contribution in [3.05, 3.63) is 35.1 Å². The first-order valence-corrected chi connectivity index (χ1v) is 15.2. The minimum Gasteiger partial charge on any atom is -0.493 e. The predicted octanol–water partition coefficient (Wildman–Crippen LogP) is 0.726. The van der Waals surface area contributed by atoms with Crippen LogP contribution in [0.4, 0.5) is 13.2 Å². The normalized spacial score (nSPS) is 27.2. The van der Waals surface area contributed by atoms with Crippen LogP contribution in [0.2, 0.25) is 0 Å². The first-order valence-electron chi connectivity index (χ1n) is 15.2. The molecule has 1 spiro atoms. The molecule has 0 unspecified atom stereocenters. The Morgan fingerprint density at radius 2 is 1.88 bits per heavy atom. The van der Waals surface area contributed by atoms with E-state index in [0.29, 0.717) is 30.9 Å². The molecule has 2 heterocycles. The van der Waals surface area contributed by atoms with Crippen LogP contribution in [-0.4, -0.2) is 108 Å². The number of hydrogen-bond donors (Lipinski definition) is 3. The summed E-state index contributed by atoms with van der Waals surface area (Å²) in [7, 11) is 3.43. The molecule has 14 nitrogen and oxygen atoms in total. The van der Waals surface area contributed by atoms with Crippen molar-refractivity contribution in [1.82, 2.24) is 10.2 Å². The molecule has 17 heteroatoms. The number of nitrogens with one attached hydrogen (secondary N) is 1. The zero-order chi connectivity index (χ0) is 35.3. The molecule has 1 aromatic rings. The van der Waals surface area contributed by atoms with E-state index < -0.39 is 84.2 Å². The molecule has 0 radical (unpaired) electrons. The molecule has 7 atom stereocenters. The van der Waals surface area contributed by atoms with Gasteiger partial charge in [-0.1, -0.05) is 6.07 Å². The number of likely N-dealkylation sites (tertiary alicyclic amines) is 1. The van der Waals surface area contributed by atoms with Crippen LogP contribution < -0.4 is 14.8 Å². The number of ether oxygens (including phenoxy) is 5. The molecule has 48 heavy (non-hydrogen) atoms. The van der Waals surface area contributed by atoms with Crippen molar-refractivity contribution in [2.24, 2.45) is 0 Å². The second-order valence-electron chi connectivity index (χ2n) is 12.3. The number of hydrogen-bond acceptors (Lipinski definition) is 13. The standard InChI is InChI=1S/C31H35F3N2O12/c1-14(37)25(39)35-17(6-8-21(38)47-28(42)31(32,33)34)27(41)45-15(2)26(40)46-19-9-10-30(43)20-13-16-5-7-18(44-4)23-22(16)29(30,24(19)48-23)11-12-36(20)3/h5,7,9,14-15,17,20,24,37,43H,6,8,10-13H2,1-4H3,(H,35,39)/t14-,15-,17-,20+,24-,29-,30+/m0/s1. The number of benzene rings is 1. The molecule has 4 aliphatic rings. The monoisotopic (exact) mass is 684 g/mol. The van der Waals surface area contributed by atoms with Crippen LogP contribution >= 0.6 is 0 Å². The van der Waals surface area contributed by atoms with Crippen LogP contribution in [0.3, 0.4) is 0 Å². The van der Waals surface area contributed by atoms with Crippen molar-refractivity contribution >= 4 is 29.8 Å². The molecule has 1 aromatic carbocycles. The number of carbonyl (C=O) groups excluding carboxylic acids is 5. The fraction of sp³-hybridized carbons (Fsp3) is 0.581. The smallest absolute Gasteiger partial charge is 0.491 e. The van der Waals surface area contributed by atoms with Crippen LogP contribution in [0, 0.1) is 0 Å². The topological polar surface area (TPSA) is 187 Å². The van der Waals surface area contributed by atoms with E-state index in [9.17, 15) is 47.4 Å². The van der Waals surface area contributed by atoms with Gasteiger partial charge in [-0.15, -0.1) is 0 Å². The van der Waals surface area contributed by atoms with Crippen LogP contribution in [0.1, 0.15) is 50.7 Å². The number of methoxy groups -OCH3 is 1. The summed E-state index contributed by atoms with van der Waals surface area (Å²) in [6, 6.07) is 1.72. The lowest BCUT2D eigenvalue weighted by Gasteiger charge is -2.61. The van der Waals surface area contributed by atoms with E-state index >= 15 is 0 Å². The SMILES string of the molecule is COc1ccc2c3c1O[C@H]1C(OC(=O)[C@H](C)OC(=O)[C@H](CCC(=O)OC(=O)C(F)(F)F)NC(=O)[C@H](C)O)=CC[C@@]4(O)[C@@H](C2)N(C)CC[C@]314. The number of carbonyl (C=O) groups is 5. The largest absolute Gasteiger partial charge is 0.493 e. The molecular weight excluding hydrogens is 649 g/mol. The molecule has 1 saturated heterocycles. The van der Waals surface area contributed by atoms with Gasteiger partial charge in [0.25, 0.3) is 0 Å². The average Bonchev–Trinajstić information content (AvgIpc) is 3.37. The summed E-state index contributed by atoms with van der Waals surface area (Å²) in [5.74, 6) is -6.88. The Balaban J connectivity index is 1.31. The first kappa shape index (κ1) is 35.1. The summed E-state index contributed by atoms with van der Waals surface area (Å²) in [5.41, 5.74) is -0.484. The van der Waals surface area contributed by atoms with Gasteiger partial charge in [-0.3, -0.25) is 9.59 Å². The molecular formula is C31H35F3N2O12. The number of likely N-dealkylation sites (N-methyl/N-ethyl adjacent to an activating group) is 1. The molecule has 262 valence electrons. The van der Waals surface area contributed by atoms with Crippen LogP contribution in [0.15, 0.2) is 24.0 Å². The van der Waals surface area contributed by atoms with Gasteiger partial charge in [0.2, 0.25) is 5.91 Å². The van der Waals surface area contributed by atoms with Gasteiger partial charge in [0.15, 0.2) is 23.7 Å². The number of esters is 4. The average molecular weight is 685 g/mol. The highest BCUT2D eigenvalue weighted by molar-refractivity contribution is 5.90. The van der Waals surface area contributed by atoms with Crippen molar-refractivity contribution in [2.45, 2.75) is 93.5 Å². The van der Waals surface area contributed by atoms with Crippen molar-refractivity contribution in [2.75, 3.05) is 20.7 Å². The van der Waals surface area contributed by atoms with E-state index in [1.165, 1.54) is 14.0 Å². The Kier molecular flexibility index (Phi) is 9.26. The summed E-state index contributed by atoms with van der Waals surface area (Å²) >= 11 is 0. The number of aliphatic hydroxyl groups is 2. The van der Waals surface area contributed by atoms with Gasteiger partial charge in [0.05, 0.1) is 18.1 Å². The molecule has 2 bridgehead atoms. The molecule has 5 rings (SSSR count). The molecule has 3 N–H and O–H groups in total.